The minimum absolute atomic E-state index is 0.103. The van der Waals surface area contributed by atoms with Gasteiger partial charge in [0.2, 0.25) is 0 Å². The molecule has 92 valence electrons. The summed E-state index contributed by atoms with van der Waals surface area (Å²) in [7, 11) is 1.62. The highest BCUT2D eigenvalue weighted by Crippen LogP contribution is 2.27. The quantitative estimate of drug-likeness (QED) is 0.798. The highest BCUT2D eigenvalue weighted by atomic mass is 35.5. The Morgan fingerprint density at radius 2 is 2.29 bits per heavy atom. The molecule has 1 saturated carbocycles. The second kappa shape index (κ2) is 5.42. The van der Waals surface area contributed by atoms with Crippen LogP contribution in [0.2, 0.25) is 5.15 Å². The molecule has 0 radical (unpaired) electrons. The van der Waals surface area contributed by atoms with Gasteiger partial charge in [0.15, 0.2) is 0 Å². The second-order valence-electron chi connectivity index (χ2n) is 3.95. The highest BCUT2D eigenvalue weighted by Gasteiger charge is 2.33. The minimum Gasteiger partial charge on any atom is -0.383 e. The van der Waals surface area contributed by atoms with Crippen LogP contribution in [-0.4, -0.2) is 47.1 Å². The van der Waals surface area contributed by atoms with Crippen molar-refractivity contribution in [2.45, 2.75) is 18.9 Å². The van der Waals surface area contributed by atoms with Gasteiger partial charge in [0.1, 0.15) is 10.8 Å². The van der Waals surface area contributed by atoms with E-state index in [1.54, 1.807) is 12.0 Å². The van der Waals surface area contributed by atoms with Gasteiger partial charge in [-0.05, 0) is 12.8 Å². The summed E-state index contributed by atoms with van der Waals surface area (Å²) in [5.74, 6) is -0.103. The molecule has 0 atom stereocenters. The summed E-state index contributed by atoms with van der Waals surface area (Å²) >= 11 is 5.64. The maximum absolute atomic E-state index is 12.2. The fourth-order valence-electron chi connectivity index (χ4n) is 1.60. The van der Waals surface area contributed by atoms with Gasteiger partial charge in [-0.25, -0.2) is 9.97 Å². The maximum atomic E-state index is 12.2. The van der Waals surface area contributed by atoms with E-state index in [1.807, 2.05) is 0 Å². The topological polar surface area (TPSA) is 55.3 Å². The lowest BCUT2D eigenvalue weighted by Crippen LogP contribution is -2.36. The van der Waals surface area contributed by atoms with Crippen LogP contribution in [0, 0.1) is 0 Å². The molecule has 6 heteroatoms. The van der Waals surface area contributed by atoms with Crippen LogP contribution in [0.4, 0.5) is 0 Å². The molecule has 0 bridgehead atoms. The minimum atomic E-state index is -0.103. The Morgan fingerprint density at radius 1 is 1.53 bits per heavy atom. The van der Waals surface area contributed by atoms with Gasteiger partial charge in [-0.2, -0.15) is 0 Å². The number of nitrogens with zero attached hydrogens (tertiary/aromatic N) is 3. The summed E-state index contributed by atoms with van der Waals surface area (Å²) in [5, 5.41) is 0.288. The molecule has 2 rings (SSSR count). The number of carbonyl (C=O) groups is 1. The third-order valence-electron chi connectivity index (χ3n) is 2.62. The van der Waals surface area contributed by atoms with Crippen molar-refractivity contribution in [2.75, 3.05) is 20.3 Å². The monoisotopic (exact) mass is 255 g/mol. The van der Waals surface area contributed by atoms with E-state index in [0.29, 0.717) is 24.9 Å². The van der Waals surface area contributed by atoms with E-state index >= 15 is 0 Å². The average molecular weight is 256 g/mol. The van der Waals surface area contributed by atoms with Crippen molar-refractivity contribution in [1.29, 1.82) is 0 Å². The van der Waals surface area contributed by atoms with Crippen LogP contribution in [0.5, 0.6) is 0 Å². The molecule has 17 heavy (non-hydrogen) atoms. The van der Waals surface area contributed by atoms with E-state index in [2.05, 4.69) is 9.97 Å². The zero-order valence-corrected chi connectivity index (χ0v) is 10.4. The van der Waals surface area contributed by atoms with Gasteiger partial charge >= 0.3 is 0 Å². The maximum Gasteiger partial charge on any atom is 0.274 e. The molecule has 0 saturated heterocycles. The molecular weight excluding hydrogens is 242 g/mol. The van der Waals surface area contributed by atoms with Crippen molar-refractivity contribution >= 4 is 17.5 Å². The lowest BCUT2D eigenvalue weighted by Gasteiger charge is -2.21. The van der Waals surface area contributed by atoms with E-state index in [9.17, 15) is 4.79 Å². The number of aromatic nitrogens is 2. The van der Waals surface area contributed by atoms with Crippen molar-refractivity contribution in [3.05, 3.63) is 23.2 Å². The first kappa shape index (κ1) is 12.3. The molecule has 1 aliphatic carbocycles. The first-order valence-corrected chi connectivity index (χ1v) is 5.87. The molecule has 0 aliphatic heterocycles. The van der Waals surface area contributed by atoms with Crippen molar-refractivity contribution in [2.24, 2.45) is 0 Å². The zero-order valence-electron chi connectivity index (χ0n) is 9.60. The molecular formula is C11H14ClN3O2. The van der Waals surface area contributed by atoms with Gasteiger partial charge in [0, 0.05) is 19.7 Å². The SMILES string of the molecule is COCCN(C(=O)c1cnc(Cl)cn1)C1CC1. The molecule has 1 heterocycles. The number of amides is 1. The van der Waals surface area contributed by atoms with Crippen LogP contribution >= 0.6 is 11.6 Å². The Bertz CT molecular complexity index is 392. The molecule has 1 aromatic rings. The summed E-state index contributed by atoms with van der Waals surface area (Å²) in [6.45, 7) is 1.12. The van der Waals surface area contributed by atoms with E-state index in [1.165, 1.54) is 12.4 Å². The molecule has 1 aromatic heterocycles. The number of ether oxygens (including phenoxy) is 1. The second-order valence-corrected chi connectivity index (χ2v) is 4.33. The first-order chi connectivity index (χ1) is 8.22. The molecule has 0 unspecified atom stereocenters. The van der Waals surface area contributed by atoms with Crippen LogP contribution in [0.1, 0.15) is 23.3 Å². The Balaban J connectivity index is 2.07. The Morgan fingerprint density at radius 3 is 2.82 bits per heavy atom. The summed E-state index contributed by atoms with van der Waals surface area (Å²) in [4.78, 5) is 21.8. The van der Waals surface area contributed by atoms with Crippen molar-refractivity contribution in [3.63, 3.8) is 0 Å². The van der Waals surface area contributed by atoms with Gasteiger partial charge < -0.3 is 9.64 Å². The molecule has 1 fully saturated rings. The van der Waals surface area contributed by atoms with Crippen LogP contribution in [0.3, 0.4) is 0 Å². The summed E-state index contributed by atoms with van der Waals surface area (Å²) in [6.07, 6.45) is 4.90. The normalized spacial score (nSPS) is 14.7. The van der Waals surface area contributed by atoms with E-state index in [-0.39, 0.29) is 11.1 Å². The Hall–Kier alpha value is -1.20. The predicted molar refractivity (Wildman–Crippen MR) is 63.0 cm³/mol. The fraction of sp³-hybridized carbons (Fsp3) is 0.545. The number of carbonyl (C=O) groups excluding carboxylic acids is 1. The zero-order chi connectivity index (χ0) is 12.3. The molecule has 5 nitrogen and oxygen atoms in total. The summed E-state index contributed by atoms with van der Waals surface area (Å²) < 4.78 is 5.00. The average Bonchev–Trinajstić information content (AvgIpc) is 3.14. The van der Waals surface area contributed by atoms with Crippen molar-refractivity contribution < 1.29 is 9.53 Å². The van der Waals surface area contributed by atoms with Crippen LogP contribution in [0.25, 0.3) is 0 Å². The largest absolute Gasteiger partial charge is 0.383 e. The van der Waals surface area contributed by atoms with Gasteiger partial charge in [-0.3, -0.25) is 4.79 Å². The number of hydrogen-bond donors (Lipinski definition) is 0. The Kier molecular flexibility index (Phi) is 3.91. The van der Waals surface area contributed by atoms with Gasteiger partial charge in [0.25, 0.3) is 5.91 Å². The van der Waals surface area contributed by atoms with E-state index in [0.717, 1.165) is 12.8 Å². The van der Waals surface area contributed by atoms with Crippen LogP contribution < -0.4 is 0 Å². The molecule has 0 aromatic carbocycles. The molecule has 0 spiro atoms. The van der Waals surface area contributed by atoms with Gasteiger partial charge in [-0.1, -0.05) is 11.6 Å². The highest BCUT2D eigenvalue weighted by molar-refractivity contribution is 6.29. The van der Waals surface area contributed by atoms with Gasteiger partial charge in [0.05, 0.1) is 19.0 Å². The van der Waals surface area contributed by atoms with E-state index < -0.39 is 0 Å². The molecule has 0 N–H and O–H groups in total. The van der Waals surface area contributed by atoms with Crippen LogP contribution in [-0.2, 0) is 4.74 Å². The molecule has 1 amide bonds. The van der Waals surface area contributed by atoms with Crippen molar-refractivity contribution in [1.82, 2.24) is 14.9 Å². The third-order valence-corrected chi connectivity index (χ3v) is 2.82. The number of halogens is 1. The fourth-order valence-corrected chi connectivity index (χ4v) is 1.69. The number of methoxy groups -OCH3 is 1. The number of rotatable bonds is 5. The molecule has 1 aliphatic rings. The van der Waals surface area contributed by atoms with Crippen LogP contribution in [0.15, 0.2) is 12.4 Å². The lowest BCUT2D eigenvalue weighted by atomic mass is 10.3. The third kappa shape index (κ3) is 3.14. The van der Waals surface area contributed by atoms with Gasteiger partial charge in [-0.15, -0.1) is 0 Å². The lowest BCUT2D eigenvalue weighted by molar-refractivity contribution is 0.0674. The van der Waals surface area contributed by atoms with Crippen molar-refractivity contribution in [3.8, 4) is 0 Å². The summed E-state index contributed by atoms with van der Waals surface area (Å²) in [5.41, 5.74) is 0.331. The summed E-state index contributed by atoms with van der Waals surface area (Å²) in [6, 6.07) is 0.329. The smallest absolute Gasteiger partial charge is 0.274 e. The standard InChI is InChI=1S/C11H14ClN3O2/c1-17-5-4-15(8-2-3-8)11(16)9-6-14-10(12)7-13-9/h6-8H,2-5H2,1H3. The predicted octanol–water partition coefficient (Wildman–Crippen LogP) is 1.38. The number of hydrogen-bond acceptors (Lipinski definition) is 4. The Labute approximate surface area is 105 Å². The van der Waals surface area contributed by atoms with E-state index in [4.69, 9.17) is 16.3 Å². The first-order valence-electron chi connectivity index (χ1n) is 5.50.